The maximum Gasteiger partial charge on any atom is 0.272 e. The van der Waals surface area contributed by atoms with Crippen LogP contribution >= 0.6 is 0 Å². The van der Waals surface area contributed by atoms with Crippen molar-refractivity contribution in [3.05, 3.63) is 41.7 Å². The van der Waals surface area contributed by atoms with Gasteiger partial charge in [0, 0.05) is 26.2 Å². The Balaban J connectivity index is 1.68. The van der Waals surface area contributed by atoms with Gasteiger partial charge in [-0.25, -0.2) is 0 Å². The molecule has 1 aliphatic rings. The van der Waals surface area contributed by atoms with E-state index in [-0.39, 0.29) is 5.91 Å². The van der Waals surface area contributed by atoms with Crippen LogP contribution < -0.4 is 9.64 Å². The largest absolute Gasteiger partial charge is 0.495 e. The zero-order chi connectivity index (χ0) is 15.5. The van der Waals surface area contributed by atoms with Crippen LogP contribution in [-0.4, -0.2) is 54.3 Å². The third-order valence-corrected chi connectivity index (χ3v) is 4.04. The van der Waals surface area contributed by atoms with Crippen molar-refractivity contribution in [3.63, 3.8) is 0 Å². The van der Waals surface area contributed by atoms with Crippen LogP contribution in [0.1, 0.15) is 16.1 Å². The Labute approximate surface area is 129 Å². The summed E-state index contributed by atoms with van der Waals surface area (Å²) in [7, 11) is 1.68. The number of amides is 1. The normalized spacial score (nSPS) is 15.0. The molecule has 1 fully saturated rings. The first-order valence-corrected chi connectivity index (χ1v) is 7.38. The number of carbonyl (C=O) groups excluding carboxylic acids is 1. The molecule has 6 heteroatoms. The molecule has 0 bridgehead atoms. The van der Waals surface area contributed by atoms with E-state index in [1.54, 1.807) is 13.3 Å². The Morgan fingerprint density at radius 3 is 2.59 bits per heavy atom. The number of ether oxygens (including phenoxy) is 1. The lowest BCUT2D eigenvalue weighted by Crippen LogP contribution is -2.49. The van der Waals surface area contributed by atoms with Gasteiger partial charge in [-0.2, -0.15) is 5.10 Å². The molecule has 1 amide bonds. The van der Waals surface area contributed by atoms with Gasteiger partial charge in [-0.05, 0) is 24.6 Å². The molecule has 1 N–H and O–H groups in total. The van der Waals surface area contributed by atoms with Crippen LogP contribution in [0.4, 0.5) is 5.69 Å². The number of aromatic nitrogens is 2. The maximum absolute atomic E-state index is 12.5. The van der Waals surface area contributed by atoms with Gasteiger partial charge in [-0.3, -0.25) is 9.89 Å². The van der Waals surface area contributed by atoms with Crippen molar-refractivity contribution in [2.24, 2.45) is 0 Å². The summed E-state index contributed by atoms with van der Waals surface area (Å²) >= 11 is 0. The van der Waals surface area contributed by atoms with Crippen LogP contribution in [0, 0.1) is 6.92 Å². The first-order valence-electron chi connectivity index (χ1n) is 7.38. The summed E-state index contributed by atoms with van der Waals surface area (Å²) in [5, 5.41) is 6.71. The highest BCUT2D eigenvalue weighted by molar-refractivity contribution is 5.93. The fourth-order valence-electron chi connectivity index (χ4n) is 2.76. The summed E-state index contributed by atoms with van der Waals surface area (Å²) in [5.74, 6) is 0.890. The van der Waals surface area contributed by atoms with Crippen molar-refractivity contribution >= 4 is 11.6 Å². The molecule has 0 saturated carbocycles. The molecule has 116 valence electrons. The van der Waals surface area contributed by atoms with Gasteiger partial charge in [0.1, 0.15) is 11.4 Å². The summed E-state index contributed by atoms with van der Waals surface area (Å²) in [6.07, 6.45) is 1.68. The second kappa shape index (κ2) is 6.09. The predicted octanol–water partition coefficient (Wildman–Crippen LogP) is 1.69. The minimum Gasteiger partial charge on any atom is -0.495 e. The lowest BCUT2D eigenvalue weighted by molar-refractivity contribution is 0.0740. The number of carbonyl (C=O) groups is 1. The van der Waals surface area contributed by atoms with Crippen molar-refractivity contribution < 1.29 is 9.53 Å². The van der Waals surface area contributed by atoms with E-state index in [2.05, 4.69) is 21.2 Å². The fraction of sp³-hybridized carbons (Fsp3) is 0.375. The van der Waals surface area contributed by atoms with Gasteiger partial charge >= 0.3 is 0 Å². The van der Waals surface area contributed by atoms with Crippen LogP contribution in [0.5, 0.6) is 5.75 Å². The lowest BCUT2D eigenvalue weighted by atomic mass is 10.2. The zero-order valence-corrected chi connectivity index (χ0v) is 12.9. The third-order valence-electron chi connectivity index (χ3n) is 4.04. The number of benzene rings is 1. The zero-order valence-electron chi connectivity index (χ0n) is 12.9. The van der Waals surface area contributed by atoms with Crippen LogP contribution in [0.3, 0.4) is 0 Å². The molecule has 2 aromatic rings. The predicted molar refractivity (Wildman–Crippen MR) is 84.4 cm³/mol. The van der Waals surface area contributed by atoms with E-state index in [0.717, 1.165) is 30.1 Å². The van der Waals surface area contributed by atoms with Crippen LogP contribution in [0.25, 0.3) is 0 Å². The number of hydrogen-bond acceptors (Lipinski definition) is 4. The number of anilines is 1. The number of para-hydroxylation sites is 2. The Kier molecular flexibility index (Phi) is 4.00. The second-order valence-corrected chi connectivity index (χ2v) is 5.38. The summed E-state index contributed by atoms with van der Waals surface area (Å²) in [6, 6.07) is 7.97. The summed E-state index contributed by atoms with van der Waals surface area (Å²) < 4.78 is 5.41. The standard InChI is InChI=1S/C16H20N4O2/c1-12-11-17-18-15(12)16(21)20-9-7-19(8-10-20)13-5-3-4-6-14(13)22-2/h3-6,11H,7-10H2,1-2H3,(H,17,18). The van der Waals surface area contributed by atoms with Gasteiger partial charge in [0.2, 0.25) is 0 Å². The molecule has 0 aliphatic carbocycles. The minimum atomic E-state index is 0.0228. The van der Waals surface area contributed by atoms with E-state index in [9.17, 15) is 4.79 Å². The van der Waals surface area contributed by atoms with E-state index in [1.165, 1.54) is 0 Å². The Bertz CT molecular complexity index is 660. The van der Waals surface area contributed by atoms with Crippen LogP contribution in [-0.2, 0) is 0 Å². The number of H-pyrrole nitrogens is 1. The minimum absolute atomic E-state index is 0.0228. The number of methoxy groups -OCH3 is 1. The molecule has 0 atom stereocenters. The SMILES string of the molecule is COc1ccccc1N1CCN(C(=O)c2[nH]ncc2C)CC1. The molecule has 0 spiro atoms. The molecule has 1 aliphatic heterocycles. The molecular formula is C16H20N4O2. The quantitative estimate of drug-likeness (QED) is 0.937. The number of aromatic amines is 1. The fourth-order valence-corrected chi connectivity index (χ4v) is 2.76. The second-order valence-electron chi connectivity index (χ2n) is 5.38. The highest BCUT2D eigenvalue weighted by Gasteiger charge is 2.25. The average Bonchev–Trinajstić information content (AvgIpc) is 3.00. The molecule has 2 heterocycles. The third kappa shape index (κ3) is 2.64. The van der Waals surface area contributed by atoms with E-state index in [1.807, 2.05) is 30.0 Å². The number of aryl methyl sites for hydroxylation is 1. The van der Waals surface area contributed by atoms with Gasteiger partial charge in [0.15, 0.2) is 0 Å². The van der Waals surface area contributed by atoms with Crippen molar-refractivity contribution in [2.45, 2.75) is 6.92 Å². The van der Waals surface area contributed by atoms with Crippen molar-refractivity contribution in [2.75, 3.05) is 38.2 Å². The molecule has 3 rings (SSSR count). The molecule has 6 nitrogen and oxygen atoms in total. The smallest absolute Gasteiger partial charge is 0.272 e. The first-order chi connectivity index (χ1) is 10.7. The molecule has 22 heavy (non-hydrogen) atoms. The Morgan fingerprint density at radius 2 is 1.95 bits per heavy atom. The number of piperazine rings is 1. The van der Waals surface area contributed by atoms with Crippen LogP contribution in [0.2, 0.25) is 0 Å². The molecule has 1 aromatic carbocycles. The Hall–Kier alpha value is -2.50. The van der Waals surface area contributed by atoms with Crippen molar-refractivity contribution in [3.8, 4) is 5.75 Å². The highest BCUT2D eigenvalue weighted by Crippen LogP contribution is 2.28. The number of nitrogens with zero attached hydrogens (tertiary/aromatic N) is 3. The van der Waals surface area contributed by atoms with E-state index >= 15 is 0 Å². The molecular weight excluding hydrogens is 280 g/mol. The van der Waals surface area contributed by atoms with Crippen molar-refractivity contribution in [1.82, 2.24) is 15.1 Å². The van der Waals surface area contributed by atoms with Crippen LogP contribution in [0.15, 0.2) is 30.5 Å². The monoisotopic (exact) mass is 300 g/mol. The summed E-state index contributed by atoms with van der Waals surface area (Å²) in [6.45, 7) is 4.85. The number of rotatable bonds is 3. The number of hydrogen-bond donors (Lipinski definition) is 1. The van der Waals surface area contributed by atoms with Crippen molar-refractivity contribution in [1.29, 1.82) is 0 Å². The molecule has 1 saturated heterocycles. The first kappa shape index (κ1) is 14.4. The van der Waals surface area contributed by atoms with E-state index in [4.69, 9.17) is 4.74 Å². The topological polar surface area (TPSA) is 61.5 Å². The van der Waals surface area contributed by atoms with Gasteiger partial charge in [0.05, 0.1) is 19.0 Å². The molecule has 1 aromatic heterocycles. The average molecular weight is 300 g/mol. The Morgan fingerprint density at radius 1 is 1.23 bits per heavy atom. The number of nitrogens with one attached hydrogen (secondary N) is 1. The van der Waals surface area contributed by atoms with Gasteiger partial charge in [0.25, 0.3) is 5.91 Å². The summed E-state index contributed by atoms with van der Waals surface area (Å²) in [5.41, 5.74) is 2.55. The van der Waals surface area contributed by atoms with Gasteiger partial charge in [-0.1, -0.05) is 12.1 Å². The lowest BCUT2D eigenvalue weighted by Gasteiger charge is -2.36. The van der Waals surface area contributed by atoms with E-state index in [0.29, 0.717) is 18.8 Å². The van der Waals surface area contributed by atoms with Gasteiger partial charge in [-0.15, -0.1) is 0 Å². The van der Waals surface area contributed by atoms with Gasteiger partial charge < -0.3 is 14.5 Å². The van der Waals surface area contributed by atoms with E-state index < -0.39 is 0 Å². The summed E-state index contributed by atoms with van der Waals surface area (Å²) in [4.78, 5) is 16.6. The molecule has 0 unspecified atom stereocenters. The molecule has 0 radical (unpaired) electrons. The maximum atomic E-state index is 12.5. The highest BCUT2D eigenvalue weighted by atomic mass is 16.5.